The second-order valence-electron chi connectivity index (χ2n) is 7.79. The van der Waals surface area contributed by atoms with E-state index in [0.717, 1.165) is 32.5 Å². The number of esters is 1. The number of fused-ring (bicyclic) bond motifs is 3. The molecule has 1 unspecified atom stereocenters. The van der Waals surface area contributed by atoms with Crippen molar-refractivity contribution in [2.45, 2.75) is 25.5 Å². The number of para-hydroxylation sites is 1. The maximum atomic E-state index is 14.4. The molecule has 1 amide bonds. The first-order valence-corrected chi connectivity index (χ1v) is 10.2. The van der Waals surface area contributed by atoms with Gasteiger partial charge in [0.25, 0.3) is 0 Å². The molecule has 2 bridgehead atoms. The van der Waals surface area contributed by atoms with Crippen LogP contribution in [0.5, 0.6) is 0 Å². The van der Waals surface area contributed by atoms with Crippen molar-refractivity contribution in [1.29, 1.82) is 0 Å². The molecule has 30 heavy (non-hydrogen) atoms. The van der Waals surface area contributed by atoms with Crippen molar-refractivity contribution in [3.05, 3.63) is 65.5 Å². The highest BCUT2D eigenvalue weighted by molar-refractivity contribution is 5.90. The predicted molar refractivity (Wildman–Crippen MR) is 110 cm³/mol. The summed E-state index contributed by atoms with van der Waals surface area (Å²) in [4.78, 5) is 28.6. The first-order chi connectivity index (χ1) is 14.5. The summed E-state index contributed by atoms with van der Waals surface area (Å²) in [5.74, 6) is -1.02. The lowest BCUT2D eigenvalue weighted by atomic mass is 9.86. The number of nitrogens with zero attached hydrogens (tertiary/aromatic N) is 2. The zero-order valence-electron chi connectivity index (χ0n) is 16.9. The molecule has 1 atom stereocenters. The van der Waals surface area contributed by atoms with E-state index in [9.17, 15) is 14.0 Å². The molecule has 2 aromatic carbocycles. The number of halogens is 1. The van der Waals surface area contributed by atoms with Crippen LogP contribution >= 0.6 is 0 Å². The third-order valence-electron chi connectivity index (χ3n) is 5.92. The average Bonchev–Trinajstić information content (AvgIpc) is 2.78. The molecular formula is C23H25FN2O4. The van der Waals surface area contributed by atoms with Gasteiger partial charge in [0.05, 0.1) is 19.2 Å². The number of carbonyl (C=O) groups excluding carboxylic acids is 2. The third kappa shape index (κ3) is 4.31. The van der Waals surface area contributed by atoms with Crippen LogP contribution in [0.3, 0.4) is 0 Å². The molecule has 0 N–H and O–H groups in total. The van der Waals surface area contributed by atoms with Crippen molar-refractivity contribution in [3.63, 3.8) is 0 Å². The fourth-order valence-corrected chi connectivity index (χ4v) is 4.22. The van der Waals surface area contributed by atoms with Gasteiger partial charge < -0.3 is 9.47 Å². The zero-order valence-corrected chi connectivity index (χ0v) is 16.9. The molecule has 2 aromatic rings. The van der Waals surface area contributed by atoms with Gasteiger partial charge in [-0.05, 0) is 61.7 Å². The van der Waals surface area contributed by atoms with Crippen LogP contribution in [0.15, 0.2) is 48.5 Å². The van der Waals surface area contributed by atoms with Crippen molar-refractivity contribution in [1.82, 2.24) is 4.90 Å². The molecule has 3 aliphatic heterocycles. The van der Waals surface area contributed by atoms with Crippen LogP contribution in [0.25, 0.3) is 0 Å². The number of ether oxygens (including phenoxy) is 2. The van der Waals surface area contributed by atoms with Crippen LogP contribution in [0.1, 0.15) is 28.8 Å². The molecule has 5 rings (SSSR count). The molecule has 158 valence electrons. The second kappa shape index (κ2) is 8.83. The van der Waals surface area contributed by atoms with Gasteiger partial charge >= 0.3 is 12.1 Å². The third-order valence-corrected chi connectivity index (χ3v) is 5.92. The van der Waals surface area contributed by atoms with Crippen molar-refractivity contribution in [2.24, 2.45) is 5.92 Å². The molecule has 3 heterocycles. The van der Waals surface area contributed by atoms with Crippen LogP contribution in [0.4, 0.5) is 14.9 Å². The minimum atomic E-state index is -0.735. The Kier molecular flexibility index (Phi) is 5.99. The van der Waals surface area contributed by atoms with Gasteiger partial charge in [-0.15, -0.1) is 0 Å². The van der Waals surface area contributed by atoms with Gasteiger partial charge in [-0.3, -0.25) is 9.80 Å². The van der Waals surface area contributed by atoms with Gasteiger partial charge in [-0.1, -0.05) is 24.3 Å². The van der Waals surface area contributed by atoms with Crippen LogP contribution < -0.4 is 4.90 Å². The highest BCUT2D eigenvalue weighted by Crippen LogP contribution is 2.30. The van der Waals surface area contributed by atoms with Gasteiger partial charge in [0.1, 0.15) is 11.9 Å². The SMILES string of the molecule is COC(=O)c1ccc(CN(C(=O)OC2CN3CCC2CC3)c2ccccc2)cc1F. The molecule has 3 aliphatic rings. The monoisotopic (exact) mass is 412 g/mol. The fourth-order valence-electron chi connectivity index (χ4n) is 4.22. The molecule has 6 nitrogen and oxygen atoms in total. The molecule has 3 fully saturated rings. The lowest BCUT2D eigenvalue weighted by Crippen LogP contribution is -2.53. The van der Waals surface area contributed by atoms with E-state index in [0.29, 0.717) is 17.2 Å². The lowest BCUT2D eigenvalue weighted by molar-refractivity contribution is -0.0311. The summed E-state index contributed by atoms with van der Waals surface area (Å²) in [6, 6.07) is 13.4. The number of amides is 1. The molecular weight excluding hydrogens is 387 g/mol. The summed E-state index contributed by atoms with van der Waals surface area (Å²) >= 11 is 0. The van der Waals surface area contributed by atoms with Gasteiger partial charge in [0.15, 0.2) is 0 Å². The van der Waals surface area contributed by atoms with Crippen molar-refractivity contribution >= 4 is 17.7 Å². The van der Waals surface area contributed by atoms with Crippen LogP contribution in [0.2, 0.25) is 0 Å². The Morgan fingerprint density at radius 3 is 2.47 bits per heavy atom. The summed E-state index contributed by atoms with van der Waals surface area (Å²) in [7, 11) is 1.21. The highest BCUT2D eigenvalue weighted by Gasteiger charge is 2.37. The zero-order chi connectivity index (χ0) is 21.1. The first kappa shape index (κ1) is 20.3. The van der Waals surface area contributed by atoms with E-state index in [-0.39, 0.29) is 18.2 Å². The van der Waals surface area contributed by atoms with Crippen LogP contribution in [0, 0.1) is 11.7 Å². The number of piperidine rings is 3. The number of rotatable bonds is 5. The fraction of sp³-hybridized carbons (Fsp3) is 0.391. The summed E-state index contributed by atoms with van der Waals surface area (Å²) in [5.41, 5.74) is 1.08. The quantitative estimate of drug-likeness (QED) is 0.699. The summed E-state index contributed by atoms with van der Waals surface area (Å²) in [6.45, 7) is 3.02. The van der Waals surface area contributed by atoms with Gasteiger partial charge in [-0.25, -0.2) is 14.0 Å². The topological polar surface area (TPSA) is 59.1 Å². The number of benzene rings is 2. The van der Waals surface area contributed by atoms with Crippen molar-refractivity contribution in [2.75, 3.05) is 31.6 Å². The van der Waals surface area contributed by atoms with Crippen molar-refractivity contribution in [3.8, 4) is 0 Å². The van der Waals surface area contributed by atoms with Gasteiger partial charge in [0, 0.05) is 12.2 Å². The molecule has 0 spiro atoms. The molecule has 7 heteroatoms. The Hall–Kier alpha value is -2.93. The minimum absolute atomic E-state index is 0.121. The van der Waals surface area contributed by atoms with Gasteiger partial charge in [0.2, 0.25) is 0 Å². The number of anilines is 1. The smallest absolute Gasteiger partial charge is 0.414 e. The van der Waals surface area contributed by atoms with E-state index in [1.807, 2.05) is 30.3 Å². The van der Waals surface area contributed by atoms with E-state index in [2.05, 4.69) is 9.64 Å². The second-order valence-corrected chi connectivity index (χ2v) is 7.79. The Bertz CT molecular complexity index is 913. The number of carbonyl (C=O) groups is 2. The Labute approximate surface area is 175 Å². The summed E-state index contributed by atoms with van der Waals surface area (Å²) < 4.78 is 24.9. The maximum absolute atomic E-state index is 14.4. The molecule has 0 radical (unpaired) electrons. The van der Waals surface area contributed by atoms with Crippen LogP contribution in [-0.4, -0.2) is 49.8 Å². The molecule has 0 aliphatic carbocycles. The molecule has 0 saturated carbocycles. The Balaban J connectivity index is 1.54. The van der Waals surface area contributed by atoms with Crippen molar-refractivity contribution < 1.29 is 23.5 Å². The van der Waals surface area contributed by atoms with Gasteiger partial charge in [-0.2, -0.15) is 0 Å². The largest absolute Gasteiger partial charge is 0.465 e. The summed E-state index contributed by atoms with van der Waals surface area (Å²) in [6.07, 6.45) is 1.52. The molecule has 0 aromatic heterocycles. The predicted octanol–water partition coefficient (Wildman–Crippen LogP) is 3.85. The normalized spacial score (nSPS) is 22.4. The Morgan fingerprint density at radius 2 is 1.87 bits per heavy atom. The highest BCUT2D eigenvalue weighted by atomic mass is 19.1. The number of hydrogen-bond acceptors (Lipinski definition) is 5. The average molecular weight is 412 g/mol. The Morgan fingerprint density at radius 1 is 1.13 bits per heavy atom. The van der Waals surface area contributed by atoms with E-state index in [1.54, 1.807) is 6.07 Å². The van der Waals surface area contributed by atoms with Crippen LogP contribution in [-0.2, 0) is 16.0 Å². The summed E-state index contributed by atoms with van der Waals surface area (Å²) in [5, 5.41) is 0. The standard InChI is InChI=1S/C23H25FN2O4/c1-29-22(27)19-8-7-16(13-20(19)24)14-26(18-5-3-2-4-6-18)23(28)30-21-15-25-11-9-17(21)10-12-25/h2-8,13,17,21H,9-12,14-15H2,1H3. The molecule has 3 saturated heterocycles. The number of hydrogen-bond donors (Lipinski definition) is 0. The van der Waals surface area contributed by atoms with E-state index in [1.165, 1.54) is 24.1 Å². The van der Waals surface area contributed by atoms with E-state index < -0.39 is 17.9 Å². The maximum Gasteiger partial charge on any atom is 0.414 e. The first-order valence-electron chi connectivity index (χ1n) is 10.2. The van der Waals surface area contributed by atoms with E-state index >= 15 is 0 Å². The lowest BCUT2D eigenvalue weighted by Gasteiger charge is -2.44. The minimum Gasteiger partial charge on any atom is -0.465 e. The van der Waals surface area contributed by atoms with E-state index in [4.69, 9.17) is 4.74 Å². The number of methoxy groups -OCH3 is 1.